The van der Waals surface area contributed by atoms with Crippen LogP contribution in [0.1, 0.15) is 22.8 Å². The van der Waals surface area contributed by atoms with E-state index < -0.39 is 24.3 Å². The fourth-order valence-corrected chi connectivity index (χ4v) is 2.18. The monoisotopic (exact) mass is 358 g/mol. The summed E-state index contributed by atoms with van der Waals surface area (Å²) in [6.07, 6.45) is 0. The second kappa shape index (κ2) is 8.75. The van der Waals surface area contributed by atoms with Gasteiger partial charge in [-0.25, -0.2) is 9.18 Å². The van der Waals surface area contributed by atoms with Crippen molar-refractivity contribution in [2.24, 2.45) is 0 Å². The molecule has 1 N–H and O–H groups in total. The van der Waals surface area contributed by atoms with E-state index in [1.807, 2.05) is 0 Å². The van der Waals surface area contributed by atoms with Crippen LogP contribution in [-0.2, 0) is 20.9 Å². The van der Waals surface area contributed by atoms with Crippen LogP contribution in [-0.4, -0.2) is 36.3 Å². The Hall–Kier alpha value is -3.22. The molecule has 0 radical (unpaired) electrons. The minimum Gasteiger partial charge on any atom is -0.452 e. The van der Waals surface area contributed by atoms with Crippen molar-refractivity contribution in [3.05, 3.63) is 65.5 Å². The van der Waals surface area contributed by atoms with Gasteiger partial charge in [0.15, 0.2) is 6.61 Å². The Morgan fingerprint density at radius 3 is 2.35 bits per heavy atom. The number of likely N-dealkylation sites (N-methyl/N-ethyl adjacent to an activating group) is 1. The van der Waals surface area contributed by atoms with Crippen molar-refractivity contribution in [2.75, 3.05) is 19.0 Å². The molecule has 0 saturated carbocycles. The predicted molar refractivity (Wildman–Crippen MR) is 93.9 cm³/mol. The van der Waals surface area contributed by atoms with E-state index in [1.54, 1.807) is 30.3 Å². The molecule has 0 unspecified atom stereocenters. The maximum absolute atomic E-state index is 13.6. The third-order valence-electron chi connectivity index (χ3n) is 3.56. The number of amides is 2. The van der Waals surface area contributed by atoms with E-state index in [4.69, 9.17) is 4.74 Å². The third-order valence-corrected chi connectivity index (χ3v) is 3.56. The van der Waals surface area contributed by atoms with Crippen molar-refractivity contribution in [3.8, 4) is 0 Å². The minimum atomic E-state index is -0.660. The lowest BCUT2D eigenvalue weighted by Crippen LogP contribution is -2.31. The molecule has 0 aromatic heterocycles. The first kappa shape index (κ1) is 19.1. The summed E-state index contributed by atoms with van der Waals surface area (Å²) in [4.78, 5) is 36.3. The topological polar surface area (TPSA) is 75.7 Å². The van der Waals surface area contributed by atoms with Gasteiger partial charge in [-0.1, -0.05) is 18.2 Å². The van der Waals surface area contributed by atoms with Gasteiger partial charge in [0.1, 0.15) is 5.82 Å². The molecule has 6 nitrogen and oxygen atoms in total. The molecule has 0 fully saturated rings. The third kappa shape index (κ3) is 5.41. The number of halogens is 1. The number of nitrogens with zero attached hydrogens (tertiary/aromatic N) is 1. The van der Waals surface area contributed by atoms with E-state index in [0.717, 1.165) is 0 Å². The van der Waals surface area contributed by atoms with Gasteiger partial charge in [0.05, 0.1) is 5.56 Å². The molecule has 7 heteroatoms. The van der Waals surface area contributed by atoms with Gasteiger partial charge in [0.2, 0.25) is 5.91 Å². The molecule has 2 aromatic carbocycles. The first-order chi connectivity index (χ1) is 12.4. The molecule has 2 rings (SSSR count). The predicted octanol–water partition coefficient (Wildman–Crippen LogP) is 2.60. The van der Waals surface area contributed by atoms with Crippen molar-refractivity contribution < 1.29 is 23.5 Å². The Bertz CT molecular complexity index is 805. The van der Waals surface area contributed by atoms with E-state index in [9.17, 15) is 18.8 Å². The molecule has 0 spiro atoms. The van der Waals surface area contributed by atoms with Crippen molar-refractivity contribution in [1.29, 1.82) is 0 Å². The second-order valence-corrected chi connectivity index (χ2v) is 5.68. The largest absolute Gasteiger partial charge is 0.452 e. The summed E-state index contributed by atoms with van der Waals surface area (Å²) in [7, 11) is 1.50. The molecular weight excluding hydrogens is 339 g/mol. The highest BCUT2D eigenvalue weighted by atomic mass is 19.1. The average molecular weight is 358 g/mol. The van der Waals surface area contributed by atoms with Crippen LogP contribution in [0.15, 0.2) is 48.5 Å². The zero-order valence-electron chi connectivity index (χ0n) is 14.5. The van der Waals surface area contributed by atoms with Gasteiger partial charge in [-0.3, -0.25) is 9.59 Å². The summed E-state index contributed by atoms with van der Waals surface area (Å²) in [5, 5.41) is 2.58. The molecule has 0 bridgehead atoms. The van der Waals surface area contributed by atoms with Crippen LogP contribution in [0, 0.1) is 5.82 Å². The number of esters is 1. The summed E-state index contributed by atoms with van der Waals surface area (Å²) in [5.41, 5.74) is 1.18. The summed E-state index contributed by atoms with van der Waals surface area (Å²) >= 11 is 0. The number of anilines is 1. The number of benzene rings is 2. The zero-order chi connectivity index (χ0) is 19.1. The molecule has 136 valence electrons. The first-order valence-electron chi connectivity index (χ1n) is 7.89. The van der Waals surface area contributed by atoms with Crippen LogP contribution >= 0.6 is 0 Å². The molecule has 2 aromatic rings. The van der Waals surface area contributed by atoms with Gasteiger partial charge >= 0.3 is 5.97 Å². The fraction of sp³-hybridized carbons (Fsp3) is 0.211. The van der Waals surface area contributed by atoms with Crippen LogP contribution < -0.4 is 5.32 Å². The lowest BCUT2D eigenvalue weighted by Gasteiger charge is -2.17. The summed E-state index contributed by atoms with van der Waals surface area (Å²) in [5.74, 6) is -1.73. The lowest BCUT2D eigenvalue weighted by atomic mass is 10.2. The quantitative estimate of drug-likeness (QED) is 0.806. The molecule has 0 aliphatic heterocycles. The van der Waals surface area contributed by atoms with Crippen molar-refractivity contribution in [3.63, 3.8) is 0 Å². The zero-order valence-corrected chi connectivity index (χ0v) is 14.5. The number of rotatable bonds is 6. The second-order valence-electron chi connectivity index (χ2n) is 5.68. The molecular formula is C19H19FN2O4. The lowest BCUT2D eigenvalue weighted by molar-refractivity contribution is -0.133. The molecule has 26 heavy (non-hydrogen) atoms. The SMILES string of the molecule is CC(=O)Nc1ccc(C(=O)OCC(=O)N(C)Cc2ccccc2F)cc1. The Labute approximate surface area is 150 Å². The smallest absolute Gasteiger partial charge is 0.338 e. The van der Waals surface area contributed by atoms with Crippen molar-refractivity contribution in [2.45, 2.75) is 13.5 Å². The van der Waals surface area contributed by atoms with Crippen LogP contribution in [0.5, 0.6) is 0 Å². The number of ether oxygens (including phenoxy) is 1. The van der Waals surface area contributed by atoms with Crippen LogP contribution in [0.3, 0.4) is 0 Å². The molecule has 0 aliphatic rings. The average Bonchev–Trinajstić information content (AvgIpc) is 2.61. The Morgan fingerprint density at radius 2 is 1.73 bits per heavy atom. The minimum absolute atomic E-state index is 0.0778. The summed E-state index contributed by atoms with van der Waals surface area (Å²) in [6.45, 7) is 1.01. The molecule has 0 saturated heterocycles. The molecule has 0 heterocycles. The standard InChI is InChI=1S/C19H19FN2O4/c1-13(23)21-16-9-7-14(8-10-16)19(25)26-12-18(24)22(2)11-15-5-3-4-6-17(15)20/h3-10H,11-12H2,1-2H3,(H,21,23). The summed E-state index contributed by atoms with van der Waals surface area (Å²) < 4.78 is 18.6. The highest BCUT2D eigenvalue weighted by Crippen LogP contribution is 2.11. The van der Waals surface area contributed by atoms with Crippen LogP contribution in [0.2, 0.25) is 0 Å². The van der Waals surface area contributed by atoms with E-state index >= 15 is 0 Å². The summed E-state index contributed by atoms with van der Waals surface area (Å²) in [6, 6.07) is 12.2. The van der Waals surface area contributed by atoms with E-state index in [2.05, 4.69) is 5.32 Å². The van der Waals surface area contributed by atoms with E-state index in [1.165, 1.54) is 37.1 Å². The van der Waals surface area contributed by atoms with E-state index in [0.29, 0.717) is 11.3 Å². The first-order valence-corrected chi connectivity index (χ1v) is 7.89. The van der Waals surface area contributed by atoms with Gasteiger partial charge in [0.25, 0.3) is 5.91 Å². The molecule has 2 amide bonds. The normalized spacial score (nSPS) is 10.1. The van der Waals surface area contributed by atoms with Crippen LogP contribution in [0.4, 0.5) is 10.1 Å². The van der Waals surface area contributed by atoms with Crippen LogP contribution in [0.25, 0.3) is 0 Å². The maximum Gasteiger partial charge on any atom is 0.338 e. The highest BCUT2D eigenvalue weighted by Gasteiger charge is 2.15. The number of carbonyl (C=O) groups excluding carboxylic acids is 3. The molecule has 0 aliphatic carbocycles. The molecule has 0 atom stereocenters. The van der Waals surface area contributed by atoms with Crippen molar-refractivity contribution in [1.82, 2.24) is 4.90 Å². The number of hydrogen-bond donors (Lipinski definition) is 1. The maximum atomic E-state index is 13.6. The van der Waals surface area contributed by atoms with Gasteiger partial charge in [-0.05, 0) is 30.3 Å². The fourth-order valence-electron chi connectivity index (χ4n) is 2.18. The van der Waals surface area contributed by atoms with Gasteiger partial charge in [-0.15, -0.1) is 0 Å². The number of nitrogens with one attached hydrogen (secondary N) is 1. The Balaban J connectivity index is 1.87. The Kier molecular flexibility index (Phi) is 6.43. The van der Waals surface area contributed by atoms with Gasteiger partial charge in [0, 0.05) is 31.8 Å². The number of carbonyl (C=O) groups is 3. The van der Waals surface area contributed by atoms with Gasteiger partial charge in [-0.2, -0.15) is 0 Å². The van der Waals surface area contributed by atoms with E-state index in [-0.39, 0.29) is 18.0 Å². The van der Waals surface area contributed by atoms with Crippen molar-refractivity contribution >= 4 is 23.5 Å². The number of hydrogen-bond acceptors (Lipinski definition) is 4. The Morgan fingerprint density at radius 1 is 1.08 bits per heavy atom. The van der Waals surface area contributed by atoms with Gasteiger partial charge < -0.3 is 15.0 Å². The highest BCUT2D eigenvalue weighted by molar-refractivity contribution is 5.93.